The van der Waals surface area contributed by atoms with E-state index in [1.54, 1.807) is 0 Å². The summed E-state index contributed by atoms with van der Waals surface area (Å²) >= 11 is 0. The summed E-state index contributed by atoms with van der Waals surface area (Å²) in [6.07, 6.45) is 0. The van der Waals surface area contributed by atoms with Crippen LogP contribution in [0.15, 0.2) is 29.2 Å². The molecule has 3 N–H and O–H groups in total. The summed E-state index contributed by atoms with van der Waals surface area (Å²) in [6.45, 7) is 0. The van der Waals surface area contributed by atoms with E-state index in [2.05, 4.69) is 0 Å². The first-order chi connectivity index (χ1) is 8.10. The molecule has 1 aromatic rings. The molecule has 0 fully saturated rings. The number of sulfonamides is 1. The molecule has 100 valence electrons. The molecule has 0 unspecified atom stereocenters. The lowest BCUT2D eigenvalue weighted by Gasteiger charge is -2.06. The second-order valence-electron chi connectivity index (χ2n) is 2.97. The highest BCUT2D eigenvalue weighted by atomic mass is 32.2. The van der Waals surface area contributed by atoms with Crippen LogP contribution in [0.2, 0.25) is 0 Å². The fourth-order valence-corrected chi connectivity index (χ4v) is 2.19. The Labute approximate surface area is 102 Å². The van der Waals surface area contributed by atoms with Crippen LogP contribution >= 0.6 is 0 Å². The lowest BCUT2D eigenvalue weighted by molar-refractivity contribution is 0.249. The average Bonchev–Trinajstić information content (AvgIpc) is 2.13. The maximum atomic E-state index is 12.6. The predicted molar refractivity (Wildman–Crippen MR) is 56.8 cm³/mol. The quantitative estimate of drug-likeness (QED) is 0.652. The highest BCUT2D eigenvalue weighted by molar-refractivity contribution is 7.90. The third-order valence-corrected chi connectivity index (χ3v) is 3.36. The van der Waals surface area contributed by atoms with Gasteiger partial charge in [-0.25, -0.2) is 27.0 Å². The number of hydrogen-bond acceptors (Lipinski definition) is 5. The fraction of sp³-hybridized carbons (Fsp3) is 0. The number of hydrogen-bond donors (Lipinski definition) is 3. The average molecular weight is 298 g/mol. The third-order valence-electron chi connectivity index (χ3n) is 1.57. The van der Waals surface area contributed by atoms with Gasteiger partial charge in [-0.2, -0.15) is 8.42 Å². The molecule has 0 aromatic heterocycles. The lowest BCUT2D eigenvalue weighted by atomic mass is 10.4. The Morgan fingerprint density at radius 2 is 1.56 bits per heavy atom. The Hall–Kier alpha value is -1.72. The van der Waals surface area contributed by atoms with E-state index in [-0.39, 0.29) is 0 Å². The van der Waals surface area contributed by atoms with Gasteiger partial charge in [0.15, 0.2) is 0 Å². The predicted octanol–water partition coefficient (Wildman–Crippen LogP) is -0.384. The zero-order valence-electron chi connectivity index (χ0n) is 8.49. The standard InChI is InChI=1S/C7H7FN2O6S2/c8-5-1-3-6(4-2-5)17(12,13)9-7(11)10-18(14,15)16/h1-4H,(H2,9,10,11)(H,14,15,16). The summed E-state index contributed by atoms with van der Waals surface area (Å²) in [4.78, 5) is 10.5. The summed E-state index contributed by atoms with van der Waals surface area (Å²) < 4.78 is 66.5. The first-order valence-corrected chi connectivity index (χ1v) is 7.10. The number of benzene rings is 1. The zero-order valence-corrected chi connectivity index (χ0v) is 10.1. The number of carbonyl (C=O) groups excluding carboxylic acids is 1. The molecule has 11 heteroatoms. The SMILES string of the molecule is O=C(NS(=O)(=O)O)NS(=O)(=O)c1ccc(F)cc1. The molecule has 0 atom stereocenters. The molecular weight excluding hydrogens is 291 g/mol. The van der Waals surface area contributed by atoms with Gasteiger partial charge in [-0.3, -0.25) is 4.55 Å². The number of urea groups is 1. The van der Waals surface area contributed by atoms with Crippen molar-refractivity contribution in [1.82, 2.24) is 9.44 Å². The molecule has 0 spiro atoms. The van der Waals surface area contributed by atoms with Crippen molar-refractivity contribution in [2.24, 2.45) is 0 Å². The molecule has 0 saturated heterocycles. The van der Waals surface area contributed by atoms with Gasteiger partial charge in [0, 0.05) is 0 Å². The van der Waals surface area contributed by atoms with E-state index in [0.717, 1.165) is 29.0 Å². The van der Waals surface area contributed by atoms with Crippen LogP contribution in [-0.2, 0) is 20.3 Å². The van der Waals surface area contributed by atoms with Crippen molar-refractivity contribution in [3.05, 3.63) is 30.1 Å². The molecule has 1 aromatic carbocycles. The van der Waals surface area contributed by atoms with Crippen LogP contribution in [0.5, 0.6) is 0 Å². The van der Waals surface area contributed by atoms with Crippen LogP contribution in [0, 0.1) is 5.82 Å². The van der Waals surface area contributed by atoms with Crippen molar-refractivity contribution in [1.29, 1.82) is 0 Å². The van der Waals surface area contributed by atoms with Crippen LogP contribution in [0.25, 0.3) is 0 Å². The smallest absolute Gasteiger partial charge is 0.269 e. The second kappa shape index (κ2) is 4.88. The van der Waals surface area contributed by atoms with Gasteiger partial charge in [0.1, 0.15) is 5.82 Å². The Balaban J connectivity index is 2.89. The summed E-state index contributed by atoms with van der Waals surface area (Å²) in [6, 6.07) is 1.77. The number of nitrogens with one attached hydrogen (secondary N) is 2. The van der Waals surface area contributed by atoms with Gasteiger partial charge in [0.25, 0.3) is 10.0 Å². The van der Waals surface area contributed by atoms with E-state index in [4.69, 9.17) is 4.55 Å². The molecule has 0 radical (unpaired) electrons. The summed E-state index contributed by atoms with van der Waals surface area (Å²) in [7, 11) is -9.22. The monoisotopic (exact) mass is 298 g/mol. The molecule has 0 aliphatic heterocycles. The van der Waals surface area contributed by atoms with Gasteiger partial charge in [0.05, 0.1) is 4.90 Å². The van der Waals surface area contributed by atoms with Crippen LogP contribution in [-0.4, -0.2) is 27.4 Å². The Kier molecular flexibility index (Phi) is 3.88. The van der Waals surface area contributed by atoms with Crippen molar-refractivity contribution >= 4 is 26.4 Å². The minimum Gasteiger partial charge on any atom is -0.269 e. The van der Waals surface area contributed by atoms with Crippen molar-refractivity contribution in [3.63, 3.8) is 0 Å². The largest absolute Gasteiger partial charge is 0.361 e. The highest BCUT2D eigenvalue weighted by Crippen LogP contribution is 2.09. The number of halogens is 1. The Morgan fingerprint density at radius 3 is 2.00 bits per heavy atom. The molecule has 0 heterocycles. The van der Waals surface area contributed by atoms with Crippen molar-refractivity contribution < 1.29 is 30.6 Å². The molecule has 1 rings (SSSR count). The van der Waals surface area contributed by atoms with Crippen LogP contribution in [0.4, 0.5) is 9.18 Å². The van der Waals surface area contributed by atoms with E-state index >= 15 is 0 Å². The van der Waals surface area contributed by atoms with Crippen molar-refractivity contribution in [3.8, 4) is 0 Å². The van der Waals surface area contributed by atoms with Gasteiger partial charge >= 0.3 is 16.3 Å². The van der Waals surface area contributed by atoms with E-state index in [0.29, 0.717) is 0 Å². The molecule has 0 bridgehead atoms. The van der Waals surface area contributed by atoms with Crippen LogP contribution in [0.3, 0.4) is 0 Å². The molecule has 18 heavy (non-hydrogen) atoms. The fourth-order valence-electron chi connectivity index (χ4n) is 0.933. The third kappa shape index (κ3) is 4.27. The first-order valence-electron chi connectivity index (χ1n) is 4.18. The van der Waals surface area contributed by atoms with E-state index < -0.39 is 37.1 Å². The van der Waals surface area contributed by atoms with E-state index in [1.165, 1.54) is 4.72 Å². The molecule has 0 saturated carbocycles. The minimum atomic E-state index is -4.87. The molecule has 0 aliphatic carbocycles. The maximum Gasteiger partial charge on any atom is 0.361 e. The molecule has 2 amide bonds. The normalized spacial score (nSPS) is 11.9. The maximum absolute atomic E-state index is 12.6. The van der Waals surface area contributed by atoms with Crippen LogP contribution in [0.1, 0.15) is 0 Å². The summed E-state index contributed by atoms with van der Waals surface area (Å²) in [5.74, 6) is -0.684. The second-order valence-corrected chi connectivity index (χ2v) is 5.80. The first kappa shape index (κ1) is 14.3. The number of amides is 2. The van der Waals surface area contributed by atoms with Gasteiger partial charge in [-0.15, -0.1) is 0 Å². The van der Waals surface area contributed by atoms with Crippen molar-refractivity contribution in [2.45, 2.75) is 4.90 Å². The number of rotatable bonds is 3. The van der Waals surface area contributed by atoms with E-state index in [1.807, 2.05) is 0 Å². The molecule has 8 nitrogen and oxygen atoms in total. The zero-order chi connectivity index (χ0) is 14.0. The van der Waals surface area contributed by atoms with Gasteiger partial charge in [0.2, 0.25) is 0 Å². The Morgan fingerprint density at radius 1 is 1.06 bits per heavy atom. The Bertz CT molecular complexity index is 652. The topological polar surface area (TPSA) is 130 Å². The molecular formula is C7H7FN2O6S2. The lowest BCUT2D eigenvalue weighted by Crippen LogP contribution is -2.42. The van der Waals surface area contributed by atoms with Crippen LogP contribution < -0.4 is 9.44 Å². The van der Waals surface area contributed by atoms with Crippen molar-refractivity contribution in [2.75, 3.05) is 0 Å². The minimum absolute atomic E-state index is 0.450. The van der Waals surface area contributed by atoms with E-state index in [9.17, 15) is 26.0 Å². The van der Waals surface area contributed by atoms with Gasteiger partial charge in [-0.1, -0.05) is 0 Å². The highest BCUT2D eigenvalue weighted by Gasteiger charge is 2.20. The number of carbonyl (C=O) groups is 1. The van der Waals surface area contributed by atoms with Gasteiger partial charge < -0.3 is 0 Å². The van der Waals surface area contributed by atoms with Gasteiger partial charge in [-0.05, 0) is 24.3 Å². The summed E-state index contributed by atoms with van der Waals surface area (Å²) in [5, 5.41) is 0. The summed E-state index contributed by atoms with van der Waals surface area (Å²) in [5.41, 5.74) is 0. The molecule has 0 aliphatic rings.